The van der Waals surface area contributed by atoms with E-state index < -0.39 is 0 Å². The Bertz CT molecular complexity index is 9430. The largest absolute Gasteiger partial charge is 0.310 e. The third-order valence-corrected chi connectivity index (χ3v) is 30.2. The first-order chi connectivity index (χ1) is 67.9. The minimum atomic E-state index is -0.306. The first kappa shape index (κ1) is 80.2. The van der Waals surface area contributed by atoms with E-state index in [4.69, 9.17) is 0 Å². The molecular weight excluding hydrogens is 1670 g/mol. The zero-order valence-electron chi connectivity index (χ0n) is 77.0. The summed E-state index contributed by atoms with van der Waals surface area (Å²) in [6.45, 7) is 9.68. The maximum atomic E-state index is 2.51. The molecule has 648 valence electrons. The molecule has 2 aliphatic rings. The molecule has 0 unspecified atom stereocenters. The summed E-state index contributed by atoms with van der Waals surface area (Å²) in [5.41, 5.74) is 23.6. The molecule has 0 N–H and O–H groups in total. The van der Waals surface area contributed by atoms with E-state index in [0.717, 1.165) is 62.6 Å². The predicted octanol–water partition coefficient (Wildman–Crippen LogP) is 38.0. The highest BCUT2D eigenvalue weighted by molar-refractivity contribution is 6.29. The van der Waals surface area contributed by atoms with Gasteiger partial charge in [0.25, 0.3) is 0 Å². The Labute approximate surface area is 801 Å². The van der Waals surface area contributed by atoms with Gasteiger partial charge in [-0.15, -0.1) is 0 Å². The fraction of sp³-hybridized carbons (Fsp3) is 0.0448. The Balaban J connectivity index is 0.000000139. The molecule has 28 rings (SSSR count). The molecule has 26 aromatic rings. The molecule has 138 heavy (non-hydrogen) atoms. The predicted molar refractivity (Wildman–Crippen MR) is 592 cm³/mol. The van der Waals surface area contributed by atoms with E-state index in [1.165, 1.54) is 201 Å². The second kappa shape index (κ2) is 31.6. The van der Waals surface area contributed by atoms with Crippen LogP contribution >= 0.6 is 0 Å². The van der Waals surface area contributed by atoms with Crippen LogP contribution in [0.5, 0.6) is 0 Å². The van der Waals surface area contributed by atoms with E-state index in [2.05, 4.69) is 533 Å². The van der Waals surface area contributed by atoms with Crippen molar-refractivity contribution in [3.05, 3.63) is 508 Å². The average Bonchev–Trinajstić information content (AvgIpc) is 0.698. The zero-order valence-corrected chi connectivity index (χ0v) is 77.0. The van der Waals surface area contributed by atoms with Crippen LogP contribution < -0.4 is 19.6 Å². The summed E-state index contributed by atoms with van der Waals surface area (Å²) >= 11 is 0. The number of nitrogens with zero attached hydrogens (tertiary/aromatic N) is 4. The molecule has 4 nitrogen and oxygen atoms in total. The van der Waals surface area contributed by atoms with Crippen molar-refractivity contribution in [2.24, 2.45) is 0 Å². The highest BCUT2D eigenvalue weighted by atomic mass is 15.2. The fourth-order valence-corrected chi connectivity index (χ4v) is 23.6. The Morgan fingerprint density at radius 3 is 0.768 bits per heavy atom. The molecule has 26 aromatic carbocycles. The van der Waals surface area contributed by atoms with Crippen molar-refractivity contribution in [2.75, 3.05) is 19.6 Å². The maximum absolute atomic E-state index is 2.51. The Morgan fingerprint density at radius 1 is 0.130 bits per heavy atom. The Kier molecular flexibility index (Phi) is 18.4. The molecule has 0 spiro atoms. The summed E-state index contributed by atoms with van der Waals surface area (Å²) in [5, 5.41) is 34.9. The molecule has 0 bridgehead atoms. The molecule has 0 aliphatic heterocycles. The molecule has 0 atom stereocenters. The lowest BCUT2D eigenvalue weighted by Crippen LogP contribution is -2.24. The molecular formula is C134H92N4. The van der Waals surface area contributed by atoms with Gasteiger partial charge in [0.1, 0.15) is 0 Å². The van der Waals surface area contributed by atoms with Gasteiger partial charge in [-0.3, -0.25) is 0 Å². The lowest BCUT2D eigenvalue weighted by Gasteiger charge is -2.37. The van der Waals surface area contributed by atoms with E-state index in [1.54, 1.807) is 0 Å². The summed E-state index contributed by atoms with van der Waals surface area (Å²) in [6.07, 6.45) is 0. The fourth-order valence-electron chi connectivity index (χ4n) is 23.6. The monoisotopic (exact) mass is 1760 g/mol. The molecule has 0 saturated carbocycles. The molecule has 0 heterocycles. The Morgan fingerprint density at radius 2 is 0.384 bits per heavy atom. The zero-order chi connectivity index (χ0) is 91.6. The summed E-state index contributed by atoms with van der Waals surface area (Å²) in [7, 11) is 0. The van der Waals surface area contributed by atoms with Gasteiger partial charge in [0, 0.05) is 77.9 Å². The molecule has 0 aromatic heterocycles. The van der Waals surface area contributed by atoms with Crippen molar-refractivity contribution in [2.45, 2.75) is 38.5 Å². The number of fused-ring (bicyclic) bond motifs is 22. The summed E-state index contributed by atoms with van der Waals surface area (Å²) in [6, 6.07) is 180. The highest BCUT2D eigenvalue weighted by Gasteiger charge is 2.39. The molecule has 0 saturated heterocycles. The number of rotatable bonds is 12. The summed E-state index contributed by atoms with van der Waals surface area (Å²) in [5.74, 6) is 0. The highest BCUT2D eigenvalue weighted by Crippen LogP contribution is 2.59. The van der Waals surface area contributed by atoms with E-state index in [-0.39, 0.29) is 10.8 Å². The van der Waals surface area contributed by atoms with Gasteiger partial charge in [-0.25, -0.2) is 0 Å². The van der Waals surface area contributed by atoms with Crippen LogP contribution in [0, 0.1) is 0 Å². The van der Waals surface area contributed by atoms with Crippen molar-refractivity contribution in [1.29, 1.82) is 0 Å². The van der Waals surface area contributed by atoms with E-state index in [0.29, 0.717) is 0 Å². The molecule has 0 amide bonds. The van der Waals surface area contributed by atoms with Crippen molar-refractivity contribution < 1.29 is 0 Å². The first-order valence-electron chi connectivity index (χ1n) is 48.2. The van der Waals surface area contributed by atoms with Gasteiger partial charge in [-0.2, -0.15) is 0 Å². The topological polar surface area (TPSA) is 13.0 Å². The molecule has 0 radical (unpaired) electrons. The molecule has 0 fully saturated rings. The molecule has 2 aliphatic carbocycles. The van der Waals surface area contributed by atoms with Crippen LogP contribution in [0.15, 0.2) is 485 Å². The molecule has 4 heteroatoms. The van der Waals surface area contributed by atoms with Gasteiger partial charge in [0.15, 0.2) is 0 Å². The van der Waals surface area contributed by atoms with E-state index in [9.17, 15) is 0 Å². The Hall–Kier alpha value is -17.4. The lowest BCUT2D eigenvalue weighted by molar-refractivity contribution is 0.645. The van der Waals surface area contributed by atoms with E-state index in [1.807, 2.05) is 0 Å². The van der Waals surface area contributed by atoms with Crippen LogP contribution in [-0.4, -0.2) is 0 Å². The van der Waals surface area contributed by atoms with Crippen molar-refractivity contribution in [3.8, 4) is 22.3 Å². The van der Waals surface area contributed by atoms with Crippen LogP contribution in [0.3, 0.4) is 0 Å². The third kappa shape index (κ3) is 12.7. The van der Waals surface area contributed by atoms with Crippen molar-refractivity contribution >= 4 is 219 Å². The minimum Gasteiger partial charge on any atom is -0.310 e. The van der Waals surface area contributed by atoms with Crippen LogP contribution in [0.4, 0.5) is 68.2 Å². The first-order valence-corrected chi connectivity index (χ1v) is 48.2. The lowest BCUT2D eigenvalue weighted by atomic mass is 9.68. The van der Waals surface area contributed by atoms with Crippen LogP contribution in [-0.2, 0) is 10.8 Å². The number of hydrogen-bond donors (Lipinski definition) is 0. The van der Waals surface area contributed by atoms with Gasteiger partial charge >= 0.3 is 0 Å². The number of para-hydroxylation sites is 2. The number of hydrogen-bond acceptors (Lipinski definition) is 4. The summed E-state index contributed by atoms with van der Waals surface area (Å²) in [4.78, 5) is 9.89. The van der Waals surface area contributed by atoms with Gasteiger partial charge in [-0.1, -0.05) is 380 Å². The van der Waals surface area contributed by atoms with Crippen LogP contribution in [0.25, 0.3) is 173 Å². The van der Waals surface area contributed by atoms with Crippen molar-refractivity contribution in [3.63, 3.8) is 0 Å². The van der Waals surface area contributed by atoms with Gasteiger partial charge in [0.2, 0.25) is 0 Å². The van der Waals surface area contributed by atoms with Gasteiger partial charge in [0.05, 0.1) is 22.7 Å². The third-order valence-electron chi connectivity index (χ3n) is 30.2. The van der Waals surface area contributed by atoms with E-state index >= 15 is 0 Å². The van der Waals surface area contributed by atoms with Crippen molar-refractivity contribution in [1.82, 2.24) is 0 Å². The normalized spacial score (nSPS) is 12.9. The minimum absolute atomic E-state index is 0.300. The quantitative estimate of drug-likeness (QED) is 0.113. The smallest absolute Gasteiger partial charge is 0.0546 e. The number of benzene rings is 26. The van der Waals surface area contributed by atoms with Gasteiger partial charge < -0.3 is 19.6 Å². The number of anilines is 12. The average molecular weight is 1760 g/mol. The summed E-state index contributed by atoms with van der Waals surface area (Å²) < 4.78 is 0. The van der Waals surface area contributed by atoms with Crippen LogP contribution in [0.2, 0.25) is 0 Å². The maximum Gasteiger partial charge on any atom is 0.0546 e. The van der Waals surface area contributed by atoms with Crippen LogP contribution in [0.1, 0.15) is 49.9 Å². The van der Waals surface area contributed by atoms with Gasteiger partial charge in [-0.05, 0) is 307 Å². The SMILES string of the molecule is CC1(C)c2cc(N(c3ccc4ccccc4c3)c3ccc4ccccc4c3)ccc2-c2cc3c4ccccc4c(N(c4ccc5ccccc5c4)c4ccc5ccccc5c4)cc3c3cccc1c23.CC1(C)c2cc(N(c3ccccc3)c3cc4ccccc4c4ccccc34)ccc2-c2cc3c4ccccc4c(N(c4ccccc4)c4cc5ccccc5c5ccccc45)cc3c3cccc1c23. The standard InChI is InChI=1S/2C67H46N2/c1-67(2)63-25-13-24-59-61-42-65(69(53-32-28-45-16-5-9-20-49(45)38-53)54-33-29-46-17-6-10-21-50(46)39-54)58-23-12-11-22-56(58)60(61)41-62(66(59)63)57-35-34-55(40-64(57)67)68(51-30-26-43-14-3-7-18-47(43)36-51)52-31-27-44-15-4-8-19-48(44)37-52;1-67(2)61-35-19-34-57-59-42-65(69(46-24-7-4-8-25-46)64-39-44-21-10-12-27-49(44)51-29-14-17-32-55(51)64)56-33-18-15-30-52(56)58(59)41-60(66(57)61)53-37-36-47(40-62(53)67)68(45-22-5-3-6-23-45)63-38-43-20-9-11-26-48(43)50-28-13-16-31-54(50)63/h2*3-42H,1-2H3. The second-order valence-corrected chi connectivity index (χ2v) is 38.6. The second-order valence-electron chi connectivity index (χ2n) is 38.6.